The zero-order valence-electron chi connectivity index (χ0n) is 39.0. The van der Waals surface area contributed by atoms with Crippen LogP contribution in [0.25, 0.3) is 94.7 Å². The number of nitrogens with zero attached hydrogens (tertiary/aromatic N) is 3. The molecule has 3 aromatic heterocycles. The summed E-state index contributed by atoms with van der Waals surface area (Å²) in [4.78, 5) is 10.5. The quantitative estimate of drug-likeness (QED) is 0.169. The van der Waals surface area contributed by atoms with Crippen LogP contribution in [0.1, 0.15) is 79.0 Å². The molecule has 0 saturated heterocycles. The molecule has 0 fully saturated rings. The monoisotopic (exact) mass is 1040 g/mol. The molecule has 6 heteroatoms. The normalized spacial score (nSPS) is 12.3. The second-order valence-electron chi connectivity index (χ2n) is 20.4. The van der Waals surface area contributed by atoms with E-state index >= 15 is 0 Å². The molecule has 5 nitrogen and oxygen atoms in total. The van der Waals surface area contributed by atoms with Gasteiger partial charge in [-0.2, -0.15) is 0 Å². The molecule has 10 rings (SSSR count). The third-order valence-corrected chi connectivity index (χ3v) is 12.8. The number of hydrogen-bond donors (Lipinski definition) is 1. The maximum absolute atomic E-state index is 12.0. The van der Waals surface area contributed by atoms with Crippen LogP contribution in [0, 0.1) is 6.07 Å². The van der Waals surface area contributed by atoms with Crippen LogP contribution in [0.4, 0.5) is 0 Å². The summed E-state index contributed by atoms with van der Waals surface area (Å²) < 4.78 is 8.86. The number of rotatable bonds is 6. The van der Waals surface area contributed by atoms with Crippen LogP contribution in [-0.4, -0.2) is 19.6 Å². The van der Waals surface area contributed by atoms with Crippen LogP contribution in [0.3, 0.4) is 0 Å². The van der Waals surface area contributed by atoms with E-state index in [9.17, 15) is 5.11 Å². The molecule has 0 bridgehead atoms. The second-order valence-corrected chi connectivity index (χ2v) is 20.4. The number of hydrogen-bond acceptors (Lipinski definition) is 4. The number of para-hydroxylation sites is 2. The molecule has 0 aliphatic carbocycles. The molecule has 0 saturated carbocycles. The molecule has 10 aromatic rings. The first kappa shape index (κ1) is 44.6. The topological polar surface area (TPSA) is 64.1 Å². The Morgan fingerprint density at radius 3 is 1.95 bits per heavy atom. The van der Waals surface area contributed by atoms with Gasteiger partial charge in [-0.25, -0.2) is 4.98 Å². The Kier molecular flexibility index (Phi) is 11.3. The summed E-state index contributed by atoms with van der Waals surface area (Å²) in [6.07, 6.45) is 1.90. The number of benzene rings is 7. The van der Waals surface area contributed by atoms with Gasteiger partial charge in [-0.15, -0.1) is 29.3 Å². The predicted octanol–water partition coefficient (Wildman–Crippen LogP) is 16.1. The number of phenols is 1. The number of pyridine rings is 1. The molecular formula is C60H54N3O2Pt-. The summed E-state index contributed by atoms with van der Waals surface area (Å²) >= 11 is 0. The number of aromatic nitrogens is 3. The Morgan fingerprint density at radius 2 is 1.23 bits per heavy atom. The molecule has 332 valence electrons. The summed E-state index contributed by atoms with van der Waals surface area (Å²) in [5.74, 6) is 0.666. The third kappa shape index (κ3) is 8.09. The fourth-order valence-corrected chi connectivity index (χ4v) is 8.98. The van der Waals surface area contributed by atoms with Crippen LogP contribution < -0.4 is 0 Å². The Hall–Kier alpha value is -6.55. The van der Waals surface area contributed by atoms with E-state index in [1.165, 1.54) is 11.1 Å². The average Bonchev–Trinajstić information content (AvgIpc) is 3.87. The first-order valence-electron chi connectivity index (χ1n) is 22.5. The SMILES string of the molecule is CC(C)(C)c1ccc(-c2ccnc(-c3[c-]c(-c4cccc5c4nc(-c4c(O)ccc6c4oc4ccccc46)n5-c4ccc(C(C)(C)C)cc4-c4ccccc4)cc(C(C)(C)C)c3)c2)cc1.[Pt]. The number of furan rings is 1. The summed E-state index contributed by atoms with van der Waals surface area (Å²) in [6, 6.07) is 56.8. The van der Waals surface area contributed by atoms with Crippen molar-refractivity contribution in [1.29, 1.82) is 0 Å². The zero-order valence-corrected chi connectivity index (χ0v) is 41.3. The van der Waals surface area contributed by atoms with Crippen molar-refractivity contribution in [1.82, 2.24) is 14.5 Å². The fourth-order valence-electron chi connectivity index (χ4n) is 8.98. The van der Waals surface area contributed by atoms with Crippen molar-refractivity contribution in [2.24, 2.45) is 0 Å². The second kappa shape index (κ2) is 16.7. The van der Waals surface area contributed by atoms with Crippen LogP contribution in [-0.2, 0) is 37.3 Å². The van der Waals surface area contributed by atoms with E-state index in [-0.39, 0.29) is 43.1 Å². The molecular weight excluding hydrogens is 990 g/mol. The largest absolute Gasteiger partial charge is 0.507 e. The Labute approximate surface area is 402 Å². The number of fused-ring (bicyclic) bond motifs is 4. The van der Waals surface area contributed by atoms with Gasteiger partial charge in [0.15, 0.2) is 5.82 Å². The standard InChI is InChI=1S/C60H54N3O2.Pt/c1-58(2,3)42-24-22-37(23-25-42)39-30-31-61-49(35-39)41-32-40(33-44(34-41)60(7,8)9)45-19-15-20-51-55(45)62-57(54-52(64)29-27-47-46-18-13-14-21-53(46)65-56(47)54)63(51)50-28-26-43(59(4,5)6)36-48(50)38-16-11-10-12-17-38;/h10-31,33-36,64H,1-9H3;/q-1;. The Morgan fingerprint density at radius 1 is 0.545 bits per heavy atom. The molecule has 0 spiro atoms. The van der Waals surface area contributed by atoms with E-state index < -0.39 is 0 Å². The van der Waals surface area contributed by atoms with Crippen molar-refractivity contribution in [2.45, 2.75) is 78.6 Å². The minimum atomic E-state index is -0.181. The summed E-state index contributed by atoms with van der Waals surface area (Å²) in [6.45, 7) is 20.2. The summed E-state index contributed by atoms with van der Waals surface area (Å²) in [5.41, 5.74) is 15.9. The van der Waals surface area contributed by atoms with Crippen LogP contribution in [0.5, 0.6) is 5.75 Å². The number of imidazole rings is 1. The van der Waals surface area contributed by atoms with Gasteiger partial charge in [-0.3, -0.25) is 9.55 Å². The van der Waals surface area contributed by atoms with Crippen LogP contribution >= 0.6 is 0 Å². The van der Waals surface area contributed by atoms with Crippen molar-refractivity contribution >= 4 is 33.0 Å². The predicted molar refractivity (Wildman–Crippen MR) is 270 cm³/mol. The van der Waals surface area contributed by atoms with E-state index in [1.54, 1.807) is 6.07 Å². The third-order valence-electron chi connectivity index (χ3n) is 12.8. The molecule has 3 heterocycles. The molecule has 0 aliphatic heterocycles. The maximum atomic E-state index is 12.0. The molecule has 7 aromatic carbocycles. The minimum Gasteiger partial charge on any atom is -0.507 e. The van der Waals surface area contributed by atoms with Gasteiger partial charge in [0.05, 0.1) is 16.7 Å². The van der Waals surface area contributed by atoms with E-state index in [4.69, 9.17) is 14.4 Å². The number of phenolic OH excluding ortho intramolecular Hbond substituents is 1. The smallest absolute Gasteiger partial charge is 0.152 e. The molecule has 0 radical (unpaired) electrons. The van der Waals surface area contributed by atoms with E-state index in [0.29, 0.717) is 17.0 Å². The first-order valence-corrected chi connectivity index (χ1v) is 22.5. The average molecular weight is 1040 g/mol. The molecule has 66 heavy (non-hydrogen) atoms. The van der Waals surface area contributed by atoms with Gasteiger partial charge >= 0.3 is 0 Å². The summed E-state index contributed by atoms with van der Waals surface area (Å²) in [5, 5.41) is 13.9. The Bertz CT molecular complexity index is 3430. The van der Waals surface area contributed by atoms with Gasteiger partial charge < -0.3 is 9.52 Å². The van der Waals surface area contributed by atoms with E-state index in [0.717, 1.165) is 83.3 Å². The molecule has 0 atom stereocenters. The maximum Gasteiger partial charge on any atom is 0.152 e. The van der Waals surface area contributed by atoms with Crippen molar-refractivity contribution in [3.8, 4) is 67.5 Å². The molecule has 0 aliphatic rings. The first-order chi connectivity index (χ1) is 31.0. The van der Waals surface area contributed by atoms with Crippen molar-refractivity contribution in [3.05, 3.63) is 181 Å². The van der Waals surface area contributed by atoms with E-state index in [1.807, 2.05) is 36.5 Å². The molecule has 1 N–H and O–H groups in total. The van der Waals surface area contributed by atoms with Gasteiger partial charge in [-0.1, -0.05) is 171 Å². The van der Waals surface area contributed by atoms with E-state index in [2.05, 4.69) is 188 Å². The van der Waals surface area contributed by atoms with Crippen molar-refractivity contribution in [2.75, 3.05) is 0 Å². The Balaban J connectivity index is 0.00000548. The van der Waals surface area contributed by atoms with Crippen LogP contribution in [0.2, 0.25) is 0 Å². The molecule has 0 unspecified atom stereocenters. The fraction of sp³-hybridized carbons (Fsp3) is 0.200. The van der Waals surface area contributed by atoms with Gasteiger partial charge in [0.2, 0.25) is 0 Å². The zero-order chi connectivity index (χ0) is 45.4. The van der Waals surface area contributed by atoms with Gasteiger partial charge in [0.25, 0.3) is 0 Å². The van der Waals surface area contributed by atoms with Crippen LogP contribution in [0.15, 0.2) is 162 Å². The van der Waals surface area contributed by atoms with Gasteiger partial charge in [-0.05, 0) is 86.5 Å². The minimum absolute atomic E-state index is 0. The van der Waals surface area contributed by atoms with Gasteiger partial charge in [0, 0.05) is 49.3 Å². The molecule has 0 amide bonds. The van der Waals surface area contributed by atoms with Crippen molar-refractivity contribution < 1.29 is 30.6 Å². The van der Waals surface area contributed by atoms with Crippen molar-refractivity contribution in [3.63, 3.8) is 0 Å². The number of aromatic hydroxyl groups is 1. The van der Waals surface area contributed by atoms with Gasteiger partial charge in [0.1, 0.15) is 22.5 Å². The summed E-state index contributed by atoms with van der Waals surface area (Å²) in [7, 11) is 0.